The van der Waals surface area contributed by atoms with E-state index in [1.807, 2.05) is 0 Å². The molecule has 0 aromatic heterocycles. The van der Waals surface area contributed by atoms with Gasteiger partial charge in [-0.05, 0) is 31.6 Å². The van der Waals surface area contributed by atoms with Gasteiger partial charge in [0.1, 0.15) is 19.3 Å². The first-order valence-corrected chi connectivity index (χ1v) is 43.1. The van der Waals surface area contributed by atoms with E-state index in [1.54, 1.807) is 0 Å². The maximum atomic E-state index is 13.1. The van der Waals surface area contributed by atoms with Gasteiger partial charge < -0.3 is 33.8 Å². The summed E-state index contributed by atoms with van der Waals surface area (Å²) in [6.07, 6.45) is 59.4. The summed E-state index contributed by atoms with van der Waals surface area (Å²) in [6, 6.07) is 0. The van der Waals surface area contributed by atoms with Gasteiger partial charge in [0.15, 0.2) is 12.2 Å². The number of aliphatic hydroxyl groups excluding tert-OH is 1. The SMILES string of the molecule is CCCCCCCCCCCCCCCC(=O)OC[C@H](COP(=O)(O)OC[C@@H](O)COP(=O)(O)OC[C@@H](COC(=O)CCCCCCCCCCCCC)OC(=O)CCCCCCCCCCCCCCC)OC(=O)CCCCCCCCCCCCCCCCCCC(C)C. The van der Waals surface area contributed by atoms with Crippen molar-refractivity contribution in [2.75, 3.05) is 39.6 Å². The monoisotopic (exact) mass is 1410 g/mol. The van der Waals surface area contributed by atoms with Gasteiger partial charge >= 0.3 is 39.5 Å². The topological polar surface area (TPSA) is 237 Å². The highest BCUT2D eigenvalue weighted by Crippen LogP contribution is 2.45. The van der Waals surface area contributed by atoms with Crippen molar-refractivity contribution in [2.45, 2.75) is 425 Å². The smallest absolute Gasteiger partial charge is 0.462 e. The first-order valence-electron chi connectivity index (χ1n) is 40.1. The first-order chi connectivity index (χ1) is 46.5. The Balaban J connectivity index is 5.23. The van der Waals surface area contributed by atoms with Gasteiger partial charge in [0, 0.05) is 25.7 Å². The molecule has 0 aliphatic heterocycles. The predicted octanol–water partition coefficient (Wildman–Crippen LogP) is 22.9. The Bertz CT molecular complexity index is 1840. The Morgan fingerprint density at radius 1 is 0.281 bits per heavy atom. The van der Waals surface area contributed by atoms with Gasteiger partial charge in [-0.15, -0.1) is 0 Å². The van der Waals surface area contributed by atoms with Crippen LogP contribution in [-0.2, 0) is 65.4 Å². The Hall–Kier alpha value is -1.94. The molecule has 17 nitrogen and oxygen atoms in total. The van der Waals surface area contributed by atoms with Crippen molar-refractivity contribution in [1.82, 2.24) is 0 Å². The van der Waals surface area contributed by atoms with E-state index in [0.717, 1.165) is 95.8 Å². The number of carbonyl (C=O) groups is 4. The highest BCUT2D eigenvalue weighted by atomic mass is 31.2. The molecule has 0 bridgehead atoms. The minimum Gasteiger partial charge on any atom is -0.462 e. The van der Waals surface area contributed by atoms with E-state index >= 15 is 0 Å². The molecule has 0 aromatic rings. The zero-order chi connectivity index (χ0) is 70.5. The molecular weight excluding hydrogens is 1260 g/mol. The molecule has 0 saturated carbocycles. The molecule has 0 aromatic carbocycles. The highest BCUT2D eigenvalue weighted by Gasteiger charge is 2.30. The number of ether oxygens (including phenoxy) is 4. The zero-order valence-electron chi connectivity index (χ0n) is 62.5. The summed E-state index contributed by atoms with van der Waals surface area (Å²) in [5.74, 6) is -1.30. The summed E-state index contributed by atoms with van der Waals surface area (Å²) in [4.78, 5) is 72.8. The number of hydrogen-bond acceptors (Lipinski definition) is 15. The summed E-state index contributed by atoms with van der Waals surface area (Å²) in [7, 11) is -9.91. The van der Waals surface area contributed by atoms with Gasteiger partial charge in [-0.3, -0.25) is 37.3 Å². The van der Waals surface area contributed by atoms with Crippen LogP contribution >= 0.6 is 15.6 Å². The molecule has 0 radical (unpaired) electrons. The average Bonchev–Trinajstić information content (AvgIpc) is 2.07. The molecule has 0 aliphatic carbocycles. The fraction of sp³-hybridized carbons (Fsp3) is 0.948. The van der Waals surface area contributed by atoms with Crippen LogP contribution in [-0.4, -0.2) is 96.7 Å². The van der Waals surface area contributed by atoms with E-state index in [2.05, 4.69) is 34.6 Å². The number of phosphoric ester groups is 2. The molecule has 5 atom stereocenters. The number of rotatable bonds is 77. The van der Waals surface area contributed by atoms with Crippen LogP contribution in [0.4, 0.5) is 0 Å². The Kier molecular flexibility index (Phi) is 68.7. The van der Waals surface area contributed by atoms with Crippen molar-refractivity contribution in [3.05, 3.63) is 0 Å². The molecule has 96 heavy (non-hydrogen) atoms. The lowest BCUT2D eigenvalue weighted by Gasteiger charge is -2.21. The van der Waals surface area contributed by atoms with Gasteiger partial charge in [-0.1, -0.05) is 356 Å². The summed E-state index contributed by atoms with van der Waals surface area (Å²) >= 11 is 0. The molecule has 0 rings (SSSR count). The molecule has 0 heterocycles. The second-order valence-electron chi connectivity index (χ2n) is 28.2. The van der Waals surface area contributed by atoms with Crippen LogP contribution in [0.25, 0.3) is 0 Å². The van der Waals surface area contributed by atoms with Crippen LogP contribution in [0, 0.1) is 5.92 Å². The molecular formula is C77H150O17P2. The molecule has 0 amide bonds. The van der Waals surface area contributed by atoms with Crippen LogP contribution < -0.4 is 0 Å². The van der Waals surface area contributed by atoms with E-state index in [0.29, 0.717) is 25.7 Å². The number of carbonyl (C=O) groups excluding carboxylic acids is 4. The van der Waals surface area contributed by atoms with E-state index in [1.165, 1.54) is 231 Å². The highest BCUT2D eigenvalue weighted by molar-refractivity contribution is 7.47. The van der Waals surface area contributed by atoms with Crippen molar-refractivity contribution in [2.24, 2.45) is 5.92 Å². The summed E-state index contributed by atoms with van der Waals surface area (Å²) in [6.45, 7) is 7.34. The van der Waals surface area contributed by atoms with Gasteiger partial charge in [0.25, 0.3) is 0 Å². The normalized spacial score (nSPS) is 13.9. The second kappa shape index (κ2) is 70.1. The van der Waals surface area contributed by atoms with Crippen LogP contribution in [0.15, 0.2) is 0 Å². The zero-order valence-corrected chi connectivity index (χ0v) is 64.3. The molecule has 0 saturated heterocycles. The average molecular weight is 1410 g/mol. The van der Waals surface area contributed by atoms with Crippen LogP contribution in [0.2, 0.25) is 0 Å². The fourth-order valence-electron chi connectivity index (χ4n) is 11.9. The molecule has 0 aliphatic rings. The number of esters is 4. The number of phosphoric acid groups is 2. The van der Waals surface area contributed by atoms with E-state index < -0.39 is 97.5 Å². The van der Waals surface area contributed by atoms with Gasteiger partial charge in [0.05, 0.1) is 26.4 Å². The van der Waals surface area contributed by atoms with Crippen molar-refractivity contribution in [3.63, 3.8) is 0 Å². The number of unbranched alkanes of at least 4 members (excludes halogenated alkanes) is 49. The first kappa shape index (κ1) is 94.1. The van der Waals surface area contributed by atoms with Crippen molar-refractivity contribution < 1.29 is 80.2 Å². The molecule has 2 unspecified atom stereocenters. The minimum atomic E-state index is -4.96. The largest absolute Gasteiger partial charge is 0.472 e. The van der Waals surface area contributed by atoms with Crippen LogP contribution in [0.5, 0.6) is 0 Å². The van der Waals surface area contributed by atoms with Gasteiger partial charge in [-0.2, -0.15) is 0 Å². The third-order valence-corrected chi connectivity index (χ3v) is 19.9. The number of hydrogen-bond donors (Lipinski definition) is 3. The van der Waals surface area contributed by atoms with E-state index in [9.17, 15) is 43.2 Å². The lowest BCUT2D eigenvalue weighted by molar-refractivity contribution is -0.161. The molecule has 19 heteroatoms. The van der Waals surface area contributed by atoms with Crippen molar-refractivity contribution in [1.29, 1.82) is 0 Å². The lowest BCUT2D eigenvalue weighted by atomic mass is 10.0. The summed E-state index contributed by atoms with van der Waals surface area (Å²) in [5.41, 5.74) is 0. The van der Waals surface area contributed by atoms with Crippen molar-refractivity contribution in [3.8, 4) is 0 Å². The molecule has 570 valence electrons. The Labute approximate surface area is 588 Å². The van der Waals surface area contributed by atoms with Gasteiger partial charge in [0.2, 0.25) is 0 Å². The predicted molar refractivity (Wildman–Crippen MR) is 391 cm³/mol. The minimum absolute atomic E-state index is 0.108. The standard InChI is InChI=1S/C77H150O17P2/c1-6-9-12-15-18-21-24-30-36-41-46-51-56-61-75(80)88-67-73(94-77(82)63-58-53-48-43-38-33-29-27-26-28-32-35-39-44-49-54-59-70(4)5)69-92-96(85,86)90-65-71(78)64-89-95(83,84)91-68-72(66-87-74(79)60-55-50-45-40-34-23-20-17-14-11-8-3)93-76(81)62-57-52-47-42-37-31-25-22-19-16-13-10-7-2/h70-73,78H,6-69H2,1-5H3,(H,83,84)(H,85,86)/t71-,72+,73+/m0/s1. The Morgan fingerprint density at radius 3 is 0.708 bits per heavy atom. The maximum Gasteiger partial charge on any atom is 0.472 e. The lowest BCUT2D eigenvalue weighted by Crippen LogP contribution is -2.30. The quantitative estimate of drug-likeness (QED) is 0.0222. The van der Waals surface area contributed by atoms with Crippen LogP contribution in [0.3, 0.4) is 0 Å². The van der Waals surface area contributed by atoms with Gasteiger partial charge in [-0.25, -0.2) is 9.13 Å². The third kappa shape index (κ3) is 70.5. The third-order valence-electron chi connectivity index (χ3n) is 18.0. The van der Waals surface area contributed by atoms with E-state index in [4.69, 9.17) is 37.0 Å². The summed E-state index contributed by atoms with van der Waals surface area (Å²) < 4.78 is 68.6. The second-order valence-corrected chi connectivity index (χ2v) is 31.1. The maximum absolute atomic E-state index is 13.1. The molecule has 0 spiro atoms. The van der Waals surface area contributed by atoms with Crippen LogP contribution in [0.1, 0.15) is 407 Å². The number of aliphatic hydroxyl groups is 1. The molecule has 3 N–H and O–H groups in total. The Morgan fingerprint density at radius 2 is 0.479 bits per heavy atom. The molecule has 0 fully saturated rings. The fourth-order valence-corrected chi connectivity index (χ4v) is 13.5. The van der Waals surface area contributed by atoms with Crippen molar-refractivity contribution >= 4 is 39.5 Å². The summed E-state index contributed by atoms with van der Waals surface area (Å²) in [5, 5.41) is 10.6. The van der Waals surface area contributed by atoms with E-state index in [-0.39, 0.29) is 25.7 Å².